The van der Waals surface area contributed by atoms with Gasteiger partial charge in [-0.25, -0.2) is 19.1 Å². The van der Waals surface area contributed by atoms with Crippen LogP contribution in [0.1, 0.15) is 59.6 Å². The molecule has 15 nitrogen and oxygen atoms in total. The number of piperazine rings is 1. The molecule has 3 N–H and O–H groups in total. The van der Waals surface area contributed by atoms with Crippen LogP contribution in [0, 0.1) is 0 Å². The first-order chi connectivity index (χ1) is 29.2. The maximum absolute atomic E-state index is 14.1. The number of anilines is 2. The first kappa shape index (κ1) is 43.1. The van der Waals surface area contributed by atoms with Gasteiger partial charge in [0.15, 0.2) is 11.9 Å². The summed E-state index contributed by atoms with van der Waals surface area (Å²) in [5.74, 6) is -0.528. The van der Waals surface area contributed by atoms with Gasteiger partial charge >= 0.3 is 23.9 Å². The number of esters is 1. The number of nitrogens with two attached hydrogens (primary N) is 1. The summed E-state index contributed by atoms with van der Waals surface area (Å²) in [6, 6.07) is 17.7. The van der Waals surface area contributed by atoms with E-state index >= 15 is 0 Å². The van der Waals surface area contributed by atoms with Crippen LogP contribution in [-0.2, 0) is 31.7 Å². The van der Waals surface area contributed by atoms with E-state index < -0.39 is 47.9 Å². The van der Waals surface area contributed by atoms with Crippen LogP contribution in [-0.4, -0.2) is 118 Å². The minimum Gasteiger partial charge on any atom is -0.462 e. The molecule has 3 aliphatic heterocycles. The van der Waals surface area contributed by atoms with E-state index in [-0.39, 0.29) is 61.0 Å². The molecule has 0 radical (unpaired) electrons. The predicted molar refractivity (Wildman–Crippen MR) is 219 cm³/mol. The zero-order valence-electron chi connectivity index (χ0n) is 33.2. The number of carbonyl (C=O) groups excluding carboxylic acids is 4. The third-order valence-corrected chi connectivity index (χ3v) is 11.5. The van der Waals surface area contributed by atoms with Crippen molar-refractivity contribution >= 4 is 46.9 Å². The number of aromatic nitrogens is 3. The molecule has 3 saturated heterocycles. The summed E-state index contributed by atoms with van der Waals surface area (Å²) in [6.45, 7) is 2.99. The van der Waals surface area contributed by atoms with Crippen molar-refractivity contribution in [2.45, 2.75) is 56.8 Å². The SMILES string of the molecule is Nc1c(Cl)cc(C[C@@H](OC(=O)N2CCC(n3nc(-c4ccccc4)[nH]c3=O)CC2)C(=O)N2CCN(c3ccc(C(=O)OCCCN4CCCC4=O)cc3)CC2)cc1C(F)(F)F. The van der Waals surface area contributed by atoms with Gasteiger partial charge in [0.2, 0.25) is 5.91 Å². The summed E-state index contributed by atoms with van der Waals surface area (Å²) in [6.07, 6.45) is -4.88. The van der Waals surface area contributed by atoms with E-state index in [4.69, 9.17) is 26.8 Å². The minimum atomic E-state index is -4.83. The topological polar surface area (TPSA) is 176 Å². The summed E-state index contributed by atoms with van der Waals surface area (Å²) >= 11 is 6.12. The van der Waals surface area contributed by atoms with Gasteiger partial charge in [-0.3, -0.25) is 14.6 Å². The molecule has 1 aromatic heterocycles. The van der Waals surface area contributed by atoms with Crippen LogP contribution in [0.25, 0.3) is 11.4 Å². The van der Waals surface area contributed by atoms with Crippen LogP contribution < -0.4 is 16.3 Å². The van der Waals surface area contributed by atoms with E-state index in [1.807, 2.05) is 35.2 Å². The van der Waals surface area contributed by atoms with Gasteiger partial charge in [0, 0.05) is 76.5 Å². The second kappa shape index (κ2) is 18.7. The molecule has 0 spiro atoms. The standard InChI is InChI=1S/C42H46ClF3N8O7/c43-33-25-27(24-32(36(33)47)42(44,45)46)26-34(61-41(59)53-17-13-31(14-18-53)54-40(58)48-37(49-54)28-6-2-1-3-7-28)38(56)52-21-19-50(20-22-52)30-11-9-29(10-12-30)39(57)60-23-5-16-51-15-4-8-35(51)55/h1-3,6-7,9-12,24-25,31,34H,4-5,8,13-23,26,47H2,(H,48,49,58)/t34-/m1/s1. The molecular weight excluding hydrogens is 821 g/mol. The lowest BCUT2D eigenvalue weighted by Gasteiger charge is -2.38. The molecule has 3 amide bonds. The molecule has 4 aromatic rings. The molecule has 0 aliphatic carbocycles. The van der Waals surface area contributed by atoms with Gasteiger partial charge in [-0.2, -0.15) is 13.2 Å². The normalized spacial score (nSPS) is 16.8. The number of alkyl halides is 3. The molecule has 7 rings (SSSR count). The van der Waals surface area contributed by atoms with E-state index in [0.717, 1.165) is 30.3 Å². The molecule has 0 saturated carbocycles. The Labute approximate surface area is 354 Å². The van der Waals surface area contributed by atoms with Gasteiger partial charge in [0.25, 0.3) is 5.91 Å². The van der Waals surface area contributed by atoms with E-state index in [1.54, 1.807) is 29.2 Å². The second-order valence-corrected chi connectivity index (χ2v) is 15.7. The summed E-state index contributed by atoms with van der Waals surface area (Å²) in [4.78, 5) is 74.5. The lowest BCUT2D eigenvalue weighted by atomic mass is 10.0. The smallest absolute Gasteiger partial charge is 0.418 e. The zero-order valence-corrected chi connectivity index (χ0v) is 34.0. The fourth-order valence-corrected chi connectivity index (χ4v) is 8.10. The highest BCUT2D eigenvalue weighted by Crippen LogP contribution is 2.38. The first-order valence-electron chi connectivity index (χ1n) is 20.2. The number of hydrogen-bond donors (Lipinski definition) is 2. The van der Waals surface area contributed by atoms with Crippen LogP contribution in [0.15, 0.2) is 71.5 Å². The molecule has 19 heteroatoms. The average molecular weight is 867 g/mol. The van der Waals surface area contributed by atoms with Crippen molar-refractivity contribution in [3.8, 4) is 11.4 Å². The molecule has 0 unspecified atom stereocenters. The van der Waals surface area contributed by atoms with Gasteiger partial charge in [-0.1, -0.05) is 41.9 Å². The Bertz CT molecular complexity index is 2270. The number of benzene rings is 3. The Morgan fingerprint density at radius 3 is 2.28 bits per heavy atom. The third kappa shape index (κ3) is 10.3. The molecule has 0 bridgehead atoms. The van der Waals surface area contributed by atoms with Crippen LogP contribution in [0.4, 0.5) is 29.3 Å². The van der Waals surface area contributed by atoms with Crippen LogP contribution >= 0.6 is 11.6 Å². The Morgan fingerprint density at radius 1 is 0.918 bits per heavy atom. The maximum atomic E-state index is 14.1. The van der Waals surface area contributed by atoms with Gasteiger partial charge in [-0.15, -0.1) is 5.10 Å². The number of nitrogens with one attached hydrogen (secondary N) is 1. The Kier molecular flexibility index (Phi) is 13.2. The van der Waals surface area contributed by atoms with Crippen molar-refractivity contribution in [1.82, 2.24) is 29.5 Å². The number of likely N-dealkylation sites (tertiary alicyclic amines) is 2. The highest BCUT2D eigenvalue weighted by Gasteiger charge is 2.37. The van der Waals surface area contributed by atoms with E-state index in [0.29, 0.717) is 56.7 Å². The molecule has 1 atom stereocenters. The van der Waals surface area contributed by atoms with Crippen LogP contribution in [0.5, 0.6) is 0 Å². The fraction of sp³-hybridized carbons (Fsp3) is 0.429. The highest BCUT2D eigenvalue weighted by molar-refractivity contribution is 6.33. The fourth-order valence-electron chi connectivity index (χ4n) is 7.86. The number of nitrogen functional groups attached to an aromatic ring is 1. The highest BCUT2D eigenvalue weighted by atomic mass is 35.5. The molecule has 3 aliphatic rings. The quantitative estimate of drug-likeness (QED) is 0.107. The number of nitrogens with zero attached hydrogens (tertiary/aromatic N) is 6. The van der Waals surface area contributed by atoms with E-state index in [9.17, 15) is 37.1 Å². The number of aromatic amines is 1. The Morgan fingerprint density at radius 2 is 1.62 bits per heavy atom. The number of rotatable bonds is 12. The Hall–Kier alpha value is -6.04. The van der Waals surface area contributed by atoms with Crippen molar-refractivity contribution in [2.75, 3.05) is 69.6 Å². The average Bonchev–Trinajstić information content (AvgIpc) is 3.87. The van der Waals surface area contributed by atoms with E-state index in [1.165, 1.54) is 20.5 Å². The second-order valence-electron chi connectivity index (χ2n) is 15.3. The van der Waals surface area contributed by atoms with Gasteiger partial charge in [0.1, 0.15) is 0 Å². The summed E-state index contributed by atoms with van der Waals surface area (Å²) in [7, 11) is 0. The summed E-state index contributed by atoms with van der Waals surface area (Å²) in [5, 5.41) is 4.12. The summed E-state index contributed by atoms with van der Waals surface area (Å²) in [5.41, 5.74) is 5.37. The Balaban J connectivity index is 0.975. The number of carbonyl (C=O) groups is 4. The van der Waals surface area contributed by atoms with Crippen molar-refractivity contribution in [3.63, 3.8) is 0 Å². The number of amides is 3. The zero-order chi connectivity index (χ0) is 43.3. The largest absolute Gasteiger partial charge is 0.462 e. The van der Waals surface area contributed by atoms with Crippen LogP contribution in [0.3, 0.4) is 0 Å². The van der Waals surface area contributed by atoms with Gasteiger partial charge in [0.05, 0.1) is 34.5 Å². The molecule has 3 aromatic carbocycles. The number of hydrogen-bond acceptors (Lipinski definition) is 10. The van der Waals surface area contributed by atoms with Crippen molar-refractivity contribution in [3.05, 3.63) is 98.9 Å². The lowest BCUT2D eigenvalue weighted by Crippen LogP contribution is -2.53. The monoisotopic (exact) mass is 866 g/mol. The van der Waals surface area contributed by atoms with Gasteiger partial charge < -0.3 is 34.8 Å². The molecule has 324 valence electrons. The third-order valence-electron chi connectivity index (χ3n) is 11.2. The van der Waals surface area contributed by atoms with Gasteiger partial charge in [-0.05, 0) is 67.6 Å². The van der Waals surface area contributed by atoms with Crippen molar-refractivity contribution in [1.29, 1.82) is 0 Å². The molecular formula is C42H46ClF3N8O7. The number of ether oxygens (including phenoxy) is 2. The van der Waals surface area contributed by atoms with Crippen LogP contribution in [0.2, 0.25) is 5.02 Å². The molecule has 3 fully saturated rings. The minimum absolute atomic E-state index is 0.00227. The lowest BCUT2D eigenvalue weighted by molar-refractivity contribution is -0.141. The number of H-pyrrole nitrogens is 1. The number of piperidine rings is 1. The number of halogens is 4. The van der Waals surface area contributed by atoms with E-state index in [2.05, 4.69) is 10.1 Å². The molecule has 4 heterocycles. The first-order valence-corrected chi connectivity index (χ1v) is 20.6. The van der Waals surface area contributed by atoms with Crippen molar-refractivity contribution in [2.24, 2.45) is 0 Å². The maximum Gasteiger partial charge on any atom is 0.418 e. The molecule has 61 heavy (non-hydrogen) atoms. The summed E-state index contributed by atoms with van der Waals surface area (Å²) < 4.78 is 54.3. The predicted octanol–water partition coefficient (Wildman–Crippen LogP) is 5.40. The van der Waals surface area contributed by atoms with Crippen molar-refractivity contribution < 1.29 is 41.8 Å².